The number of hydrogen-bond donors (Lipinski definition) is 2. The van der Waals surface area contributed by atoms with Crippen molar-refractivity contribution in [1.82, 2.24) is 0 Å². The van der Waals surface area contributed by atoms with Crippen LogP contribution in [-0.4, -0.2) is 11.7 Å². The predicted octanol–water partition coefficient (Wildman–Crippen LogP) is 3.10. The lowest BCUT2D eigenvalue weighted by Gasteiger charge is -2.08. The van der Waals surface area contributed by atoms with Crippen molar-refractivity contribution in [3.63, 3.8) is 0 Å². The first kappa shape index (κ1) is 14.1. The van der Waals surface area contributed by atoms with E-state index in [4.69, 9.17) is 10.4 Å². The fourth-order valence-corrected chi connectivity index (χ4v) is 2.07. The Bertz CT molecular complexity index is 602. The zero-order valence-corrected chi connectivity index (χ0v) is 11.3. The van der Waals surface area contributed by atoms with Crippen LogP contribution >= 0.6 is 0 Å². The van der Waals surface area contributed by atoms with Crippen LogP contribution in [0.3, 0.4) is 0 Å². The van der Waals surface area contributed by atoms with E-state index in [-0.39, 0.29) is 6.61 Å². The Labute approximate surface area is 119 Å². The Kier molecular flexibility index (Phi) is 5.16. The number of nitrogens with one attached hydrogen (secondary N) is 1. The van der Waals surface area contributed by atoms with Gasteiger partial charge in [0.1, 0.15) is 0 Å². The first-order valence-corrected chi connectivity index (χ1v) is 6.74. The molecule has 0 aromatic heterocycles. The largest absolute Gasteiger partial charge is 0.396 e. The second-order valence-electron chi connectivity index (χ2n) is 4.69. The van der Waals surface area contributed by atoms with Crippen molar-refractivity contribution in [2.45, 2.75) is 19.4 Å². The number of rotatable bonds is 6. The second-order valence-corrected chi connectivity index (χ2v) is 4.69. The lowest BCUT2D eigenvalue weighted by atomic mass is 10.1. The summed E-state index contributed by atoms with van der Waals surface area (Å²) < 4.78 is 0. The molecule has 0 spiro atoms. The summed E-state index contributed by atoms with van der Waals surface area (Å²) in [6, 6.07) is 17.9. The number of anilines is 1. The van der Waals surface area contributed by atoms with Crippen LogP contribution in [0, 0.1) is 11.3 Å². The van der Waals surface area contributed by atoms with E-state index in [0.717, 1.165) is 24.1 Å². The molecule has 20 heavy (non-hydrogen) atoms. The average Bonchev–Trinajstić information content (AvgIpc) is 2.51. The normalized spacial score (nSPS) is 10.0. The molecule has 3 nitrogen and oxygen atoms in total. The number of aryl methyl sites for hydroxylation is 1. The van der Waals surface area contributed by atoms with Gasteiger partial charge in [0.15, 0.2) is 0 Å². The SMILES string of the molecule is N#Cc1cccc(CNc2cccc(CCCO)c2)c1. The van der Waals surface area contributed by atoms with E-state index in [1.165, 1.54) is 5.56 Å². The van der Waals surface area contributed by atoms with E-state index in [9.17, 15) is 0 Å². The second kappa shape index (κ2) is 7.32. The minimum Gasteiger partial charge on any atom is -0.396 e. The van der Waals surface area contributed by atoms with E-state index in [2.05, 4.69) is 23.5 Å². The maximum absolute atomic E-state index is 8.88. The molecule has 2 aromatic carbocycles. The molecule has 102 valence electrons. The van der Waals surface area contributed by atoms with Crippen LogP contribution in [0.2, 0.25) is 0 Å². The number of benzene rings is 2. The predicted molar refractivity (Wildman–Crippen MR) is 80.3 cm³/mol. The third-order valence-electron chi connectivity index (χ3n) is 3.10. The number of aliphatic hydroxyl groups excluding tert-OH is 1. The highest BCUT2D eigenvalue weighted by atomic mass is 16.2. The first-order valence-electron chi connectivity index (χ1n) is 6.74. The standard InChI is InChI=1S/C17H18N2O/c18-12-15-5-1-6-16(10-15)13-19-17-8-2-4-14(11-17)7-3-9-20/h1-2,4-6,8,10-11,19-20H,3,7,9,13H2. The summed E-state index contributed by atoms with van der Waals surface area (Å²) in [4.78, 5) is 0. The van der Waals surface area contributed by atoms with Gasteiger partial charge in [-0.25, -0.2) is 0 Å². The van der Waals surface area contributed by atoms with Gasteiger partial charge in [0.25, 0.3) is 0 Å². The van der Waals surface area contributed by atoms with Gasteiger partial charge in [-0.3, -0.25) is 0 Å². The molecule has 0 heterocycles. The van der Waals surface area contributed by atoms with E-state index < -0.39 is 0 Å². The van der Waals surface area contributed by atoms with E-state index >= 15 is 0 Å². The maximum atomic E-state index is 8.88. The molecular formula is C17H18N2O. The lowest BCUT2D eigenvalue weighted by molar-refractivity contribution is 0.288. The smallest absolute Gasteiger partial charge is 0.0991 e. The van der Waals surface area contributed by atoms with Crippen LogP contribution in [0.5, 0.6) is 0 Å². The Balaban J connectivity index is 1.98. The van der Waals surface area contributed by atoms with Crippen molar-refractivity contribution in [3.05, 3.63) is 65.2 Å². The van der Waals surface area contributed by atoms with Crippen molar-refractivity contribution in [3.8, 4) is 6.07 Å². The summed E-state index contributed by atoms with van der Waals surface area (Å²) in [5.74, 6) is 0. The quantitative estimate of drug-likeness (QED) is 0.844. The summed E-state index contributed by atoms with van der Waals surface area (Å²) >= 11 is 0. The maximum Gasteiger partial charge on any atom is 0.0991 e. The summed E-state index contributed by atoms with van der Waals surface area (Å²) in [5.41, 5.74) is 4.04. The Hall–Kier alpha value is -2.31. The van der Waals surface area contributed by atoms with Gasteiger partial charge in [0.2, 0.25) is 0 Å². The molecule has 0 aliphatic rings. The topological polar surface area (TPSA) is 56.0 Å². The van der Waals surface area contributed by atoms with Gasteiger partial charge in [-0.1, -0.05) is 24.3 Å². The molecule has 0 fully saturated rings. The fraction of sp³-hybridized carbons (Fsp3) is 0.235. The summed E-state index contributed by atoms with van der Waals surface area (Å²) in [6.45, 7) is 0.914. The van der Waals surface area contributed by atoms with Crippen LogP contribution in [-0.2, 0) is 13.0 Å². The van der Waals surface area contributed by atoms with Gasteiger partial charge < -0.3 is 10.4 Å². The molecule has 2 N–H and O–H groups in total. The van der Waals surface area contributed by atoms with Crippen molar-refractivity contribution in [2.75, 3.05) is 11.9 Å². The van der Waals surface area contributed by atoms with Gasteiger partial charge in [0, 0.05) is 18.8 Å². The van der Waals surface area contributed by atoms with Crippen LogP contribution in [0.25, 0.3) is 0 Å². The molecule has 0 aliphatic heterocycles. The molecule has 0 atom stereocenters. The molecule has 0 bridgehead atoms. The lowest BCUT2D eigenvalue weighted by Crippen LogP contribution is -2.00. The highest BCUT2D eigenvalue weighted by Crippen LogP contribution is 2.14. The van der Waals surface area contributed by atoms with Gasteiger partial charge >= 0.3 is 0 Å². The fourth-order valence-electron chi connectivity index (χ4n) is 2.07. The van der Waals surface area contributed by atoms with Crippen molar-refractivity contribution < 1.29 is 5.11 Å². The summed E-state index contributed by atoms with van der Waals surface area (Å²) in [7, 11) is 0. The molecule has 0 saturated carbocycles. The van der Waals surface area contributed by atoms with Crippen LogP contribution in [0.4, 0.5) is 5.69 Å². The number of aliphatic hydroxyl groups is 1. The number of hydrogen-bond acceptors (Lipinski definition) is 3. The zero-order valence-electron chi connectivity index (χ0n) is 11.3. The molecular weight excluding hydrogens is 248 g/mol. The Morgan fingerprint density at radius 3 is 2.65 bits per heavy atom. The molecule has 2 rings (SSSR count). The molecule has 0 amide bonds. The zero-order chi connectivity index (χ0) is 14.2. The summed E-state index contributed by atoms with van der Waals surface area (Å²) in [5, 5.41) is 21.1. The Morgan fingerprint density at radius 1 is 1.05 bits per heavy atom. The number of nitriles is 1. The molecule has 3 heteroatoms. The van der Waals surface area contributed by atoms with Crippen LogP contribution in [0.1, 0.15) is 23.1 Å². The highest BCUT2D eigenvalue weighted by molar-refractivity contribution is 5.46. The molecule has 0 unspecified atom stereocenters. The highest BCUT2D eigenvalue weighted by Gasteiger charge is 1.98. The van der Waals surface area contributed by atoms with E-state index in [1.807, 2.05) is 30.3 Å². The van der Waals surface area contributed by atoms with Gasteiger partial charge in [-0.2, -0.15) is 5.26 Å². The third kappa shape index (κ3) is 4.11. The number of nitrogens with zero attached hydrogens (tertiary/aromatic N) is 1. The average molecular weight is 266 g/mol. The Morgan fingerprint density at radius 2 is 1.85 bits per heavy atom. The van der Waals surface area contributed by atoms with Gasteiger partial charge in [-0.05, 0) is 48.2 Å². The molecule has 0 saturated heterocycles. The van der Waals surface area contributed by atoms with Gasteiger partial charge in [0.05, 0.1) is 11.6 Å². The molecule has 0 radical (unpaired) electrons. The molecule has 0 aliphatic carbocycles. The van der Waals surface area contributed by atoms with Crippen LogP contribution in [0.15, 0.2) is 48.5 Å². The van der Waals surface area contributed by atoms with E-state index in [1.54, 1.807) is 6.07 Å². The summed E-state index contributed by atoms with van der Waals surface area (Å²) in [6.07, 6.45) is 1.67. The minimum absolute atomic E-state index is 0.221. The van der Waals surface area contributed by atoms with Crippen molar-refractivity contribution >= 4 is 5.69 Å². The van der Waals surface area contributed by atoms with Gasteiger partial charge in [-0.15, -0.1) is 0 Å². The monoisotopic (exact) mass is 266 g/mol. The van der Waals surface area contributed by atoms with E-state index in [0.29, 0.717) is 12.1 Å². The van der Waals surface area contributed by atoms with Crippen LogP contribution < -0.4 is 5.32 Å². The first-order chi connectivity index (χ1) is 9.81. The van der Waals surface area contributed by atoms with Crippen molar-refractivity contribution in [1.29, 1.82) is 5.26 Å². The third-order valence-corrected chi connectivity index (χ3v) is 3.10. The van der Waals surface area contributed by atoms with Crippen molar-refractivity contribution in [2.24, 2.45) is 0 Å². The minimum atomic E-state index is 0.221. The molecule has 2 aromatic rings.